The van der Waals surface area contributed by atoms with Gasteiger partial charge < -0.3 is 15.2 Å². The summed E-state index contributed by atoms with van der Waals surface area (Å²) in [5.74, 6) is 1.49. The summed E-state index contributed by atoms with van der Waals surface area (Å²) < 4.78 is 19.1. The van der Waals surface area contributed by atoms with Crippen molar-refractivity contribution in [2.24, 2.45) is 4.99 Å². The molecule has 2 aromatic rings. The van der Waals surface area contributed by atoms with E-state index >= 15 is 0 Å². The molecule has 0 spiro atoms. The van der Waals surface area contributed by atoms with Gasteiger partial charge in [0, 0.05) is 12.6 Å². The van der Waals surface area contributed by atoms with Crippen molar-refractivity contribution in [1.29, 1.82) is 0 Å². The van der Waals surface area contributed by atoms with Crippen LogP contribution in [0.15, 0.2) is 33.8 Å². The van der Waals surface area contributed by atoms with Crippen LogP contribution in [0.1, 0.15) is 62.2 Å². The maximum atomic E-state index is 13.8. The van der Waals surface area contributed by atoms with Crippen molar-refractivity contribution in [3.63, 3.8) is 0 Å². The molecule has 0 amide bonds. The highest BCUT2D eigenvalue weighted by Gasteiger charge is 2.11. The third kappa shape index (κ3) is 5.31. The minimum atomic E-state index is -0.198. The zero-order chi connectivity index (χ0) is 18.4. The number of nitrogens with one attached hydrogen (secondary N) is 2. The average molecular weight is 346 g/mol. The Hall–Kier alpha value is -2.37. The predicted molar refractivity (Wildman–Crippen MR) is 98.1 cm³/mol. The predicted octanol–water partition coefficient (Wildman–Crippen LogP) is 4.06. The van der Waals surface area contributed by atoms with Crippen LogP contribution in [0.5, 0.6) is 0 Å². The molecule has 2 N–H and O–H groups in total. The van der Waals surface area contributed by atoms with E-state index in [2.05, 4.69) is 34.6 Å². The minimum absolute atomic E-state index is 0.0751. The summed E-state index contributed by atoms with van der Waals surface area (Å²) >= 11 is 0. The van der Waals surface area contributed by atoms with Crippen molar-refractivity contribution in [3.8, 4) is 0 Å². The van der Waals surface area contributed by atoms with E-state index < -0.39 is 0 Å². The molecule has 136 valence electrons. The SMILES string of the molecule is CCNC(=NCc1cc(C(C)C)no1)NC(C)c1ccc(C)c(F)c1. The molecule has 1 atom stereocenters. The van der Waals surface area contributed by atoms with E-state index in [0.29, 0.717) is 24.0 Å². The van der Waals surface area contributed by atoms with Gasteiger partial charge in [0.15, 0.2) is 11.7 Å². The Morgan fingerprint density at radius 1 is 1.28 bits per heavy atom. The normalized spacial score (nSPS) is 13.2. The van der Waals surface area contributed by atoms with E-state index in [1.807, 2.05) is 26.0 Å². The molecule has 25 heavy (non-hydrogen) atoms. The summed E-state index contributed by atoms with van der Waals surface area (Å²) in [5.41, 5.74) is 2.44. The van der Waals surface area contributed by atoms with Gasteiger partial charge in [-0.3, -0.25) is 0 Å². The third-order valence-corrected chi connectivity index (χ3v) is 3.96. The number of aliphatic imine (C=N–C) groups is 1. The minimum Gasteiger partial charge on any atom is -0.359 e. The summed E-state index contributed by atoms with van der Waals surface area (Å²) in [7, 11) is 0. The molecule has 2 rings (SSSR count). The zero-order valence-corrected chi connectivity index (χ0v) is 15.6. The first kappa shape index (κ1) is 19.0. The second kappa shape index (κ2) is 8.65. The van der Waals surface area contributed by atoms with Gasteiger partial charge in [0.1, 0.15) is 12.4 Å². The fourth-order valence-electron chi connectivity index (χ4n) is 2.32. The molecule has 5 nitrogen and oxygen atoms in total. The number of benzene rings is 1. The van der Waals surface area contributed by atoms with Gasteiger partial charge in [-0.15, -0.1) is 0 Å². The number of rotatable bonds is 6. The fraction of sp³-hybridized carbons (Fsp3) is 0.474. The van der Waals surface area contributed by atoms with Crippen LogP contribution in [0.3, 0.4) is 0 Å². The van der Waals surface area contributed by atoms with Gasteiger partial charge in [0.25, 0.3) is 0 Å². The van der Waals surface area contributed by atoms with Crippen LogP contribution in [0.2, 0.25) is 0 Å². The Balaban J connectivity index is 2.06. The third-order valence-electron chi connectivity index (χ3n) is 3.96. The second-order valence-corrected chi connectivity index (χ2v) is 6.44. The lowest BCUT2D eigenvalue weighted by Crippen LogP contribution is -2.38. The molecule has 0 aliphatic rings. The summed E-state index contributed by atoms with van der Waals surface area (Å²) in [6, 6.07) is 7.12. The monoisotopic (exact) mass is 346 g/mol. The van der Waals surface area contributed by atoms with Crippen molar-refractivity contribution in [3.05, 3.63) is 52.7 Å². The number of hydrogen-bond acceptors (Lipinski definition) is 3. The smallest absolute Gasteiger partial charge is 0.192 e. The van der Waals surface area contributed by atoms with Crippen molar-refractivity contribution in [2.75, 3.05) is 6.54 Å². The molecule has 0 saturated heterocycles. The van der Waals surface area contributed by atoms with E-state index in [1.165, 1.54) is 0 Å². The molecule has 1 unspecified atom stereocenters. The zero-order valence-electron chi connectivity index (χ0n) is 15.6. The van der Waals surface area contributed by atoms with Gasteiger partial charge in [-0.25, -0.2) is 9.38 Å². The summed E-state index contributed by atoms with van der Waals surface area (Å²) in [5, 5.41) is 10.5. The molecule has 0 saturated carbocycles. The Labute approximate surface area is 148 Å². The van der Waals surface area contributed by atoms with E-state index in [-0.39, 0.29) is 11.9 Å². The number of nitrogens with zero attached hydrogens (tertiary/aromatic N) is 2. The van der Waals surface area contributed by atoms with E-state index in [4.69, 9.17) is 4.52 Å². The number of halogens is 1. The van der Waals surface area contributed by atoms with Crippen LogP contribution in [0.4, 0.5) is 4.39 Å². The number of aryl methyl sites for hydroxylation is 1. The molecule has 0 aliphatic carbocycles. The van der Waals surface area contributed by atoms with E-state index in [0.717, 1.165) is 23.6 Å². The standard InChI is InChI=1S/C19H27FN4O/c1-6-21-19(22-11-16-10-18(12(2)3)24-25-16)23-14(5)15-8-7-13(4)17(20)9-15/h7-10,12,14H,6,11H2,1-5H3,(H2,21,22,23). The molecule has 0 radical (unpaired) electrons. The molecule has 1 aromatic heterocycles. The van der Waals surface area contributed by atoms with Crippen LogP contribution in [0.25, 0.3) is 0 Å². The largest absolute Gasteiger partial charge is 0.359 e. The lowest BCUT2D eigenvalue weighted by molar-refractivity contribution is 0.376. The maximum Gasteiger partial charge on any atom is 0.192 e. The Kier molecular flexibility index (Phi) is 6.56. The summed E-state index contributed by atoms with van der Waals surface area (Å²) in [6.45, 7) is 11.0. The molecular weight excluding hydrogens is 319 g/mol. The van der Waals surface area contributed by atoms with Crippen LogP contribution in [-0.2, 0) is 6.54 Å². The molecular formula is C19H27FN4O. The van der Waals surface area contributed by atoms with Crippen LogP contribution < -0.4 is 10.6 Å². The van der Waals surface area contributed by atoms with Gasteiger partial charge in [0.05, 0.1) is 11.7 Å². The first-order valence-corrected chi connectivity index (χ1v) is 8.67. The molecule has 6 heteroatoms. The van der Waals surface area contributed by atoms with Gasteiger partial charge in [-0.05, 0) is 43.9 Å². The lowest BCUT2D eigenvalue weighted by atomic mass is 10.1. The van der Waals surface area contributed by atoms with Gasteiger partial charge >= 0.3 is 0 Å². The Morgan fingerprint density at radius 3 is 2.64 bits per heavy atom. The highest BCUT2D eigenvalue weighted by molar-refractivity contribution is 5.80. The highest BCUT2D eigenvalue weighted by Crippen LogP contribution is 2.17. The van der Waals surface area contributed by atoms with Crippen molar-refractivity contribution in [2.45, 2.75) is 53.1 Å². The number of hydrogen-bond donors (Lipinski definition) is 2. The first-order valence-electron chi connectivity index (χ1n) is 8.67. The maximum absolute atomic E-state index is 13.8. The van der Waals surface area contributed by atoms with E-state index in [9.17, 15) is 4.39 Å². The van der Waals surface area contributed by atoms with Gasteiger partial charge in [-0.1, -0.05) is 31.1 Å². The van der Waals surface area contributed by atoms with Crippen LogP contribution in [0, 0.1) is 12.7 Å². The molecule has 0 aliphatic heterocycles. The molecule has 1 heterocycles. The molecule has 0 fully saturated rings. The van der Waals surface area contributed by atoms with Crippen LogP contribution >= 0.6 is 0 Å². The molecule has 1 aromatic carbocycles. The van der Waals surface area contributed by atoms with Crippen molar-refractivity contribution < 1.29 is 8.91 Å². The first-order chi connectivity index (χ1) is 11.9. The van der Waals surface area contributed by atoms with E-state index in [1.54, 1.807) is 19.1 Å². The highest BCUT2D eigenvalue weighted by atomic mass is 19.1. The quantitative estimate of drug-likeness (QED) is 0.611. The average Bonchev–Trinajstić information content (AvgIpc) is 3.04. The lowest BCUT2D eigenvalue weighted by Gasteiger charge is -2.18. The number of guanidine groups is 1. The fourth-order valence-corrected chi connectivity index (χ4v) is 2.32. The number of aromatic nitrogens is 1. The van der Waals surface area contributed by atoms with Crippen LogP contribution in [-0.4, -0.2) is 17.7 Å². The topological polar surface area (TPSA) is 62.5 Å². The van der Waals surface area contributed by atoms with Gasteiger partial charge in [-0.2, -0.15) is 0 Å². The second-order valence-electron chi connectivity index (χ2n) is 6.44. The van der Waals surface area contributed by atoms with Crippen molar-refractivity contribution in [1.82, 2.24) is 15.8 Å². The Bertz CT molecular complexity index is 724. The molecule has 0 bridgehead atoms. The van der Waals surface area contributed by atoms with Crippen molar-refractivity contribution >= 4 is 5.96 Å². The summed E-state index contributed by atoms with van der Waals surface area (Å²) in [6.07, 6.45) is 0. The Morgan fingerprint density at radius 2 is 2.04 bits per heavy atom. The summed E-state index contributed by atoms with van der Waals surface area (Å²) in [4.78, 5) is 4.53. The van der Waals surface area contributed by atoms with Gasteiger partial charge in [0.2, 0.25) is 0 Å².